The van der Waals surface area contributed by atoms with Crippen molar-refractivity contribution in [2.45, 2.75) is 41.2 Å². The maximum absolute atomic E-state index is 14.7. The highest BCUT2D eigenvalue weighted by molar-refractivity contribution is 5.78. The van der Waals surface area contributed by atoms with Crippen molar-refractivity contribution in [2.24, 2.45) is 17.3 Å². The van der Waals surface area contributed by atoms with E-state index in [0.717, 1.165) is 6.92 Å². The number of nitrogens with zero attached hydrogens (tertiary/aromatic N) is 1. The van der Waals surface area contributed by atoms with E-state index in [0.29, 0.717) is 19.2 Å². The van der Waals surface area contributed by atoms with E-state index in [4.69, 9.17) is 4.74 Å². The third-order valence-corrected chi connectivity index (χ3v) is 5.52. The minimum Gasteiger partial charge on any atom is -0.460 e. The summed E-state index contributed by atoms with van der Waals surface area (Å²) in [4.78, 5) is 13.8. The first-order valence-corrected chi connectivity index (χ1v) is 9.09. The van der Waals surface area contributed by atoms with E-state index in [9.17, 15) is 26.7 Å². The van der Waals surface area contributed by atoms with Gasteiger partial charge in [-0.05, 0) is 32.3 Å². The predicted molar refractivity (Wildman–Crippen MR) is 95.5 cm³/mol. The van der Waals surface area contributed by atoms with Crippen molar-refractivity contribution in [1.29, 1.82) is 0 Å². The summed E-state index contributed by atoms with van der Waals surface area (Å²) in [6.07, 6.45) is -1.20. The van der Waals surface area contributed by atoms with E-state index < -0.39 is 64.5 Å². The maximum atomic E-state index is 14.7. The van der Waals surface area contributed by atoms with Gasteiger partial charge in [-0.25, -0.2) is 13.2 Å². The van der Waals surface area contributed by atoms with Crippen LogP contribution in [0, 0.1) is 41.6 Å². The van der Waals surface area contributed by atoms with Crippen LogP contribution in [0.25, 0.3) is 0 Å². The molecule has 1 aliphatic carbocycles. The predicted octanol–water partition coefficient (Wildman–Crippen LogP) is 5.35. The molecule has 1 fully saturated rings. The first-order valence-electron chi connectivity index (χ1n) is 9.09. The van der Waals surface area contributed by atoms with Crippen LogP contribution in [0.5, 0.6) is 0 Å². The number of hydrogen-bond donors (Lipinski definition) is 0. The Hall–Kier alpha value is -2.12. The van der Waals surface area contributed by atoms with Gasteiger partial charge in [0.25, 0.3) is 6.08 Å². The Bertz CT molecular complexity index is 799. The van der Waals surface area contributed by atoms with Crippen LogP contribution in [0.2, 0.25) is 0 Å². The lowest BCUT2D eigenvalue weighted by Crippen LogP contribution is -2.26. The summed E-state index contributed by atoms with van der Waals surface area (Å²) in [6, 6.07) is 0. The largest absolute Gasteiger partial charge is 0.460 e. The second-order valence-electron chi connectivity index (χ2n) is 7.46. The fraction of sp³-hybridized carbons (Fsp3) is 0.550. The van der Waals surface area contributed by atoms with E-state index >= 15 is 0 Å². The summed E-state index contributed by atoms with van der Waals surface area (Å²) in [5.74, 6) is -5.88. The van der Waals surface area contributed by atoms with Crippen molar-refractivity contribution < 1.29 is 31.5 Å². The van der Waals surface area contributed by atoms with Crippen LogP contribution < -0.4 is 4.90 Å². The molecule has 8 heteroatoms. The number of esters is 1. The third kappa shape index (κ3) is 3.86. The van der Waals surface area contributed by atoms with E-state index in [-0.39, 0.29) is 5.69 Å². The van der Waals surface area contributed by atoms with Crippen LogP contribution >= 0.6 is 0 Å². The molecule has 2 atom stereocenters. The first kappa shape index (κ1) is 22.2. The van der Waals surface area contributed by atoms with Gasteiger partial charge in [0, 0.05) is 24.6 Å². The normalized spacial score (nSPS) is 19.9. The standard InChI is InChI=1S/C20H24F5NO2/c1-6-26(7-2)18-11(17(25)15(23)10(3)16(18)24)9-28-19(27)14-12(8-13(21)22)20(14,4)5/h8,12,14H,6-7,9H2,1-5H3/t12-,14+/m1/s1. The number of anilines is 1. The Morgan fingerprint density at radius 2 is 1.68 bits per heavy atom. The van der Waals surface area contributed by atoms with E-state index in [1.165, 1.54) is 4.90 Å². The molecule has 0 aliphatic heterocycles. The molecule has 28 heavy (non-hydrogen) atoms. The molecule has 2 rings (SSSR count). The van der Waals surface area contributed by atoms with Crippen LogP contribution in [0.1, 0.15) is 38.8 Å². The first-order chi connectivity index (χ1) is 13.0. The minimum absolute atomic E-state index is 0.157. The molecule has 0 N–H and O–H groups in total. The molecule has 0 spiro atoms. The lowest BCUT2D eigenvalue weighted by Gasteiger charge is -2.26. The number of halogens is 5. The summed E-state index contributed by atoms with van der Waals surface area (Å²) in [7, 11) is 0. The molecule has 1 aromatic carbocycles. The van der Waals surface area contributed by atoms with Gasteiger partial charge in [-0.15, -0.1) is 0 Å². The van der Waals surface area contributed by atoms with Gasteiger partial charge < -0.3 is 9.64 Å². The number of benzene rings is 1. The molecule has 0 bridgehead atoms. The number of rotatable bonds is 7. The number of carbonyl (C=O) groups is 1. The number of carbonyl (C=O) groups excluding carboxylic acids is 1. The van der Waals surface area contributed by atoms with E-state index in [1.54, 1.807) is 27.7 Å². The zero-order valence-corrected chi connectivity index (χ0v) is 16.5. The van der Waals surface area contributed by atoms with Gasteiger partial charge in [0.05, 0.1) is 17.2 Å². The molecular formula is C20H24F5NO2. The summed E-state index contributed by atoms with van der Waals surface area (Å²) in [6.45, 7) is 7.83. The molecular weight excluding hydrogens is 381 g/mol. The van der Waals surface area contributed by atoms with Gasteiger partial charge in [-0.2, -0.15) is 8.78 Å². The molecule has 3 nitrogen and oxygen atoms in total. The third-order valence-electron chi connectivity index (χ3n) is 5.52. The van der Waals surface area contributed by atoms with Gasteiger partial charge in [-0.1, -0.05) is 13.8 Å². The average Bonchev–Trinajstić information content (AvgIpc) is 3.16. The van der Waals surface area contributed by atoms with Crippen LogP contribution in [0.3, 0.4) is 0 Å². The molecule has 156 valence electrons. The SMILES string of the molecule is CCN(CC)c1c(F)c(C)c(F)c(F)c1COC(=O)[C@@H]1[C@@H](C=C(F)F)C1(C)C. The summed E-state index contributed by atoms with van der Waals surface area (Å²) >= 11 is 0. The minimum atomic E-state index is -1.90. The molecule has 1 saturated carbocycles. The fourth-order valence-corrected chi connectivity index (χ4v) is 3.62. The van der Waals surface area contributed by atoms with Crippen LogP contribution in [0.15, 0.2) is 12.2 Å². The highest BCUT2D eigenvalue weighted by atomic mass is 19.3. The number of allylic oxidation sites excluding steroid dienone is 1. The van der Waals surface area contributed by atoms with Crippen LogP contribution in [-0.4, -0.2) is 19.1 Å². The summed E-state index contributed by atoms with van der Waals surface area (Å²) in [5.41, 5.74) is -1.75. The topological polar surface area (TPSA) is 29.5 Å². The highest BCUT2D eigenvalue weighted by Gasteiger charge is 2.62. The summed E-state index contributed by atoms with van der Waals surface area (Å²) < 4.78 is 73.4. The number of hydrogen-bond acceptors (Lipinski definition) is 3. The zero-order chi connectivity index (χ0) is 21.4. The summed E-state index contributed by atoms with van der Waals surface area (Å²) in [5, 5.41) is 0. The highest BCUT2D eigenvalue weighted by Crippen LogP contribution is 2.60. The Morgan fingerprint density at radius 3 is 2.18 bits per heavy atom. The molecule has 0 amide bonds. The van der Waals surface area contributed by atoms with Crippen molar-refractivity contribution in [3.63, 3.8) is 0 Å². The molecule has 1 aromatic rings. The second kappa shape index (κ2) is 8.09. The van der Waals surface area contributed by atoms with Gasteiger partial charge in [0.2, 0.25) is 0 Å². The Morgan fingerprint density at radius 1 is 1.11 bits per heavy atom. The fourth-order valence-electron chi connectivity index (χ4n) is 3.62. The average molecular weight is 405 g/mol. The van der Waals surface area contributed by atoms with Crippen LogP contribution in [0.4, 0.5) is 27.6 Å². The zero-order valence-electron chi connectivity index (χ0n) is 16.5. The molecule has 0 aromatic heterocycles. The monoisotopic (exact) mass is 405 g/mol. The second-order valence-corrected chi connectivity index (χ2v) is 7.46. The Labute approximate surface area is 161 Å². The maximum Gasteiger partial charge on any atom is 0.310 e. The van der Waals surface area contributed by atoms with Crippen molar-refractivity contribution >= 4 is 11.7 Å². The quantitative estimate of drug-likeness (QED) is 0.348. The van der Waals surface area contributed by atoms with Crippen molar-refractivity contribution in [3.8, 4) is 0 Å². The van der Waals surface area contributed by atoms with Crippen LogP contribution in [-0.2, 0) is 16.1 Å². The Balaban J connectivity index is 2.32. The molecule has 1 aliphatic rings. The smallest absolute Gasteiger partial charge is 0.310 e. The van der Waals surface area contributed by atoms with E-state index in [2.05, 4.69) is 0 Å². The van der Waals surface area contributed by atoms with Gasteiger partial charge in [0.1, 0.15) is 6.61 Å². The molecule has 0 radical (unpaired) electrons. The van der Waals surface area contributed by atoms with Gasteiger partial charge in [-0.3, -0.25) is 4.79 Å². The molecule has 0 saturated heterocycles. The molecule has 0 heterocycles. The lowest BCUT2D eigenvalue weighted by atomic mass is 10.1. The van der Waals surface area contributed by atoms with E-state index in [1.807, 2.05) is 0 Å². The van der Waals surface area contributed by atoms with Gasteiger partial charge in [0.15, 0.2) is 17.5 Å². The van der Waals surface area contributed by atoms with Crippen molar-refractivity contribution in [2.75, 3.05) is 18.0 Å². The Kier molecular flexibility index (Phi) is 6.41. The lowest BCUT2D eigenvalue weighted by molar-refractivity contribution is -0.147. The van der Waals surface area contributed by atoms with Crippen molar-refractivity contribution in [3.05, 3.63) is 40.7 Å². The molecule has 0 unspecified atom stereocenters. The van der Waals surface area contributed by atoms with Crippen molar-refractivity contribution in [1.82, 2.24) is 0 Å². The van der Waals surface area contributed by atoms with Gasteiger partial charge >= 0.3 is 5.97 Å². The number of ether oxygens (including phenoxy) is 1.